The van der Waals surface area contributed by atoms with E-state index < -0.39 is 10.8 Å². The van der Waals surface area contributed by atoms with Gasteiger partial charge >= 0.3 is 0 Å². The van der Waals surface area contributed by atoms with E-state index in [1.165, 1.54) is 23.5 Å². The summed E-state index contributed by atoms with van der Waals surface area (Å²) in [5, 5.41) is 16.0. The van der Waals surface area contributed by atoms with Crippen LogP contribution in [0.2, 0.25) is 5.02 Å². The number of nitro benzene ring substituents is 1. The second-order valence-corrected chi connectivity index (χ2v) is 6.05. The number of anilines is 1. The molecular weight excluding hydrogens is 328 g/mol. The van der Waals surface area contributed by atoms with Crippen LogP contribution in [0, 0.1) is 10.1 Å². The third-order valence-corrected chi connectivity index (χ3v) is 3.69. The lowest BCUT2D eigenvalue weighted by Crippen LogP contribution is -2.14. The Kier molecular flexibility index (Phi) is 5.07. The summed E-state index contributed by atoms with van der Waals surface area (Å²) in [5.74, 6) is -0.589. The van der Waals surface area contributed by atoms with Gasteiger partial charge in [0, 0.05) is 23.0 Å². The first-order valence-electron chi connectivity index (χ1n) is 6.21. The molecule has 0 saturated heterocycles. The molecule has 2 rings (SSSR count). The summed E-state index contributed by atoms with van der Waals surface area (Å²) < 4.78 is 0. The molecular formula is C13H13ClN4O3S. The Bertz CT molecular complexity index is 717. The van der Waals surface area contributed by atoms with Crippen molar-refractivity contribution in [1.29, 1.82) is 0 Å². The van der Waals surface area contributed by atoms with Crippen LogP contribution in [-0.2, 0) is 6.54 Å². The molecule has 22 heavy (non-hydrogen) atoms. The maximum Gasteiger partial charge on any atom is 0.283 e. The maximum absolute atomic E-state index is 12.2. The average Bonchev–Trinajstić information content (AvgIpc) is 2.84. The number of aromatic nitrogens is 1. The van der Waals surface area contributed by atoms with Crippen molar-refractivity contribution in [1.82, 2.24) is 9.88 Å². The molecule has 1 N–H and O–H groups in total. The lowest BCUT2D eigenvalue weighted by molar-refractivity contribution is -0.385. The highest BCUT2D eigenvalue weighted by Crippen LogP contribution is 2.25. The molecule has 2 aromatic rings. The van der Waals surface area contributed by atoms with Crippen molar-refractivity contribution in [3.8, 4) is 0 Å². The van der Waals surface area contributed by atoms with Gasteiger partial charge in [-0.2, -0.15) is 0 Å². The fraction of sp³-hybridized carbons (Fsp3) is 0.231. The molecule has 0 aliphatic carbocycles. The normalized spacial score (nSPS) is 10.7. The lowest BCUT2D eigenvalue weighted by Gasteiger charge is -2.06. The summed E-state index contributed by atoms with van der Waals surface area (Å²) in [6, 6.07) is 3.91. The van der Waals surface area contributed by atoms with Crippen LogP contribution >= 0.6 is 22.9 Å². The third kappa shape index (κ3) is 4.00. The standard InChI is InChI=1S/C13H13ClN4O3S/c1-17(2)6-9-7-22-13(15-9)16-12(19)10-4-3-8(14)5-11(10)18(20)21/h3-5,7H,6H2,1-2H3,(H,15,16,19). The van der Waals surface area contributed by atoms with E-state index in [9.17, 15) is 14.9 Å². The molecule has 116 valence electrons. The van der Waals surface area contributed by atoms with E-state index in [1.54, 1.807) is 0 Å². The molecule has 0 saturated carbocycles. The van der Waals surface area contributed by atoms with Crippen LogP contribution < -0.4 is 5.32 Å². The second-order valence-electron chi connectivity index (χ2n) is 4.75. The maximum atomic E-state index is 12.2. The van der Waals surface area contributed by atoms with Gasteiger partial charge in [-0.15, -0.1) is 11.3 Å². The van der Waals surface area contributed by atoms with Crippen LogP contribution in [0.25, 0.3) is 0 Å². The molecule has 0 unspecified atom stereocenters. The Balaban J connectivity index is 2.19. The number of nitrogens with one attached hydrogen (secondary N) is 1. The minimum absolute atomic E-state index is 0.0567. The number of nitrogens with zero attached hydrogens (tertiary/aromatic N) is 3. The molecule has 0 spiro atoms. The van der Waals surface area contributed by atoms with Gasteiger partial charge in [0.05, 0.1) is 10.6 Å². The number of hydrogen-bond donors (Lipinski definition) is 1. The Morgan fingerprint density at radius 1 is 1.50 bits per heavy atom. The van der Waals surface area contributed by atoms with Gasteiger partial charge in [0.2, 0.25) is 0 Å². The van der Waals surface area contributed by atoms with Crippen molar-refractivity contribution in [2.24, 2.45) is 0 Å². The number of rotatable bonds is 5. The van der Waals surface area contributed by atoms with Gasteiger partial charge in [0.1, 0.15) is 5.56 Å². The summed E-state index contributed by atoms with van der Waals surface area (Å²) in [6.45, 7) is 0.646. The average molecular weight is 341 g/mol. The molecule has 0 fully saturated rings. The number of nitro groups is 1. The second kappa shape index (κ2) is 6.82. The Morgan fingerprint density at radius 2 is 2.23 bits per heavy atom. The predicted molar refractivity (Wildman–Crippen MR) is 85.6 cm³/mol. The third-order valence-electron chi connectivity index (χ3n) is 2.65. The Morgan fingerprint density at radius 3 is 2.86 bits per heavy atom. The first kappa shape index (κ1) is 16.3. The molecule has 1 heterocycles. The summed E-state index contributed by atoms with van der Waals surface area (Å²) in [6.07, 6.45) is 0. The number of amides is 1. The smallest absolute Gasteiger partial charge is 0.283 e. The largest absolute Gasteiger partial charge is 0.304 e. The van der Waals surface area contributed by atoms with E-state index in [1.807, 2.05) is 24.4 Å². The highest BCUT2D eigenvalue weighted by molar-refractivity contribution is 7.14. The van der Waals surface area contributed by atoms with Crippen LogP contribution in [0.15, 0.2) is 23.6 Å². The summed E-state index contributed by atoms with van der Waals surface area (Å²) >= 11 is 6.99. The summed E-state index contributed by atoms with van der Waals surface area (Å²) in [4.78, 5) is 28.8. The number of carbonyl (C=O) groups is 1. The van der Waals surface area contributed by atoms with Gasteiger partial charge in [0.25, 0.3) is 11.6 Å². The minimum atomic E-state index is -0.639. The number of carbonyl (C=O) groups excluding carboxylic acids is 1. The monoisotopic (exact) mass is 340 g/mol. The van der Waals surface area contributed by atoms with E-state index in [2.05, 4.69) is 10.3 Å². The van der Waals surface area contributed by atoms with Crippen molar-refractivity contribution >= 4 is 39.7 Å². The molecule has 1 aromatic heterocycles. The highest BCUT2D eigenvalue weighted by Gasteiger charge is 2.21. The van der Waals surface area contributed by atoms with Gasteiger partial charge in [-0.05, 0) is 26.2 Å². The van der Waals surface area contributed by atoms with Gasteiger partial charge in [-0.1, -0.05) is 11.6 Å². The van der Waals surface area contributed by atoms with Gasteiger partial charge in [0.15, 0.2) is 5.13 Å². The van der Waals surface area contributed by atoms with Crippen molar-refractivity contribution in [3.05, 3.63) is 50.0 Å². The number of benzene rings is 1. The SMILES string of the molecule is CN(C)Cc1csc(NC(=O)c2ccc(Cl)cc2[N+](=O)[O-])n1. The highest BCUT2D eigenvalue weighted by atomic mass is 35.5. The van der Waals surface area contributed by atoms with Crippen molar-refractivity contribution in [2.75, 3.05) is 19.4 Å². The Labute approximate surface area is 135 Å². The van der Waals surface area contributed by atoms with Crippen LogP contribution in [0.4, 0.5) is 10.8 Å². The van der Waals surface area contributed by atoms with Crippen molar-refractivity contribution < 1.29 is 9.72 Å². The first-order chi connectivity index (χ1) is 10.4. The topological polar surface area (TPSA) is 88.4 Å². The number of hydrogen-bond acceptors (Lipinski definition) is 6. The van der Waals surface area contributed by atoms with E-state index in [-0.39, 0.29) is 16.3 Å². The quantitative estimate of drug-likeness (QED) is 0.667. The Hall–Kier alpha value is -2.03. The number of thiazole rings is 1. The summed E-state index contributed by atoms with van der Waals surface area (Å²) in [5.41, 5.74) is 0.421. The molecule has 0 aliphatic heterocycles. The predicted octanol–water partition coefficient (Wildman–Crippen LogP) is 3.02. The number of halogens is 1. The zero-order valence-electron chi connectivity index (χ0n) is 11.9. The minimum Gasteiger partial charge on any atom is -0.304 e. The van der Waals surface area contributed by atoms with E-state index in [0.717, 1.165) is 11.8 Å². The van der Waals surface area contributed by atoms with Gasteiger partial charge in [-0.3, -0.25) is 20.2 Å². The molecule has 9 heteroatoms. The molecule has 0 atom stereocenters. The zero-order chi connectivity index (χ0) is 16.3. The fourth-order valence-corrected chi connectivity index (χ4v) is 2.64. The van der Waals surface area contributed by atoms with Crippen molar-refractivity contribution in [3.63, 3.8) is 0 Å². The fourth-order valence-electron chi connectivity index (χ4n) is 1.77. The van der Waals surface area contributed by atoms with Crippen molar-refractivity contribution in [2.45, 2.75) is 6.54 Å². The molecule has 0 aliphatic rings. The first-order valence-corrected chi connectivity index (χ1v) is 7.47. The molecule has 7 nitrogen and oxygen atoms in total. The van der Waals surface area contributed by atoms with Crippen LogP contribution in [-0.4, -0.2) is 34.8 Å². The molecule has 1 amide bonds. The van der Waals surface area contributed by atoms with Gasteiger partial charge < -0.3 is 4.90 Å². The molecule has 1 aromatic carbocycles. The zero-order valence-corrected chi connectivity index (χ0v) is 13.4. The molecule has 0 radical (unpaired) electrons. The van der Waals surface area contributed by atoms with Gasteiger partial charge in [-0.25, -0.2) is 4.98 Å². The van der Waals surface area contributed by atoms with Crippen LogP contribution in [0.1, 0.15) is 16.1 Å². The molecule has 0 bridgehead atoms. The van der Waals surface area contributed by atoms with E-state index >= 15 is 0 Å². The van der Waals surface area contributed by atoms with E-state index in [4.69, 9.17) is 11.6 Å². The van der Waals surface area contributed by atoms with Crippen LogP contribution in [0.5, 0.6) is 0 Å². The van der Waals surface area contributed by atoms with Crippen LogP contribution in [0.3, 0.4) is 0 Å². The van der Waals surface area contributed by atoms with E-state index in [0.29, 0.717) is 11.7 Å². The lowest BCUT2D eigenvalue weighted by atomic mass is 10.1. The summed E-state index contributed by atoms with van der Waals surface area (Å²) in [7, 11) is 3.82.